The standard InChI is InChI=1S/C18H28O/c1-13-9-10-15(12-14(13)2)18(19)11-7-6-8-16(18)17(3,4)5/h9-10,12,16,19H,6-8,11H2,1-5H3. The lowest BCUT2D eigenvalue weighted by atomic mass is 9.61. The summed E-state index contributed by atoms with van der Waals surface area (Å²) in [5, 5.41) is 11.4. The van der Waals surface area contributed by atoms with Gasteiger partial charge in [-0.1, -0.05) is 51.8 Å². The van der Waals surface area contributed by atoms with Gasteiger partial charge in [0.25, 0.3) is 0 Å². The van der Waals surface area contributed by atoms with E-state index < -0.39 is 5.60 Å². The highest BCUT2D eigenvalue weighted by molar-refractivity contribution is 5.34. The molecule has 1 aromatic rings. The van der Waals surface area contributed by atoms with Crippen LogP contribution in [0.2, 0.25) is 0 Å². The molecule has 0 amide bonds. The van der Waals surface area contributed by atoms with E-state index >= 15 is 0 Å². The van der Waals surface area contributed by atoms with Crippen molar-refractivity contribution < 1.29 is 5.11 Å². The molecule has 2 atom stereocenters. The van der Waals surface area contributed by atoms with Gasteiger partial charge in [0.15, 0.2) is 0 Å². The van der Waals surface area contributed by atoms with E-state index in [4.69, 9.17) is 0 Å². The maximum atomic E-state index is 11.4. The van der Waals surface area contributed by atoms with E-state index in [1.807, 2.05) is 0 Å². The minimum Gasteiger partial charge on any atom is -0.385 e. The predicted octanol–water partition coefficient (Wildman–Crippen LogP) is 4.73. The SMILES string of the molecule is Cc1ccc(C2(O)CCCCC2C(C)(C)C)cc1C. The zero-order valence-electron chi connectivity index (χ0n) is 13.1. The molecule has 106 valence electrons. The topological polar surface area (TPSA) is 20.2 Å². The molecule has 1 saturated carbocycles. The third-order valence-corrected chi connectivity index (χ3v) is 4.93. The Labute approximate surface area is 118 Å². The van der Waals surface area contributed by atoms with Gasteiger partial charge in [-0.2, -0.15) is 0 Å². The fourth-order valence-corrected chi connectivity index (χ4v) is 3.66. The summed E-state index contributed by atoms with van der Waals surface area (Å²) in [6.07, 6.45) is 4.41. The van der Waals surface area contributed by atoms with Gasteiger partial charge in [-0.15, -0.1) is 0 Å². The molecule has 0 radical (unpaired) electrons. The number of rotatable bonds is 1. The van der Waals surface area contributed by atoms with Gasteiger partial charge in [-0.25, -0.2) is 0 Å². The molecular formula is C18H28O. The molecule has 2 rings (SSSR count). The van der Waals surface area contributed by atoms with E-state index in [1.54, 1.807) is 0 Å². The molecule has 0 aromatic heterocycles. The molecule has 2 unspecified atom stereocenters. The summed E-state index contributed by atoms with van der Waals surface area (Å²) >= 11 is 0. The number of aliphatic hydroxyl groups is 1. The molecule has 0 spiro atoms. The highest BCUT2D eigenvalue weighted by Crippen LogP contribution is 2.49. The van der Waals surface area contributed by atoms with Crippen molar-refractivity contribution in [3.05, 3.63) is 34.9 Å². The zero-order chi connectivity index (χ0) is 14.3. The normalized spacial score (nSPS) is 28.4. The van der Waals surface area contributed by atoms with Crippen LogP contribution in [0.4, 0.5) is 0 Å². The molecule has 0 heterocycles. The molecule has 1 fully saturated rings. The summed E-state index contributed by atoms with van der Waals surface area (Å²) < 4.78 is 0. The van der Waals surface area contributed by atoms with E-state index in [0.29, 0.717) is 5.92 Å². The largest absolute Gasteiger partial charge is 0.385 e. The molecule has 1 N–H and O–H groups in total. The van der Waals surface area contributed by atoms with Gasteiger partial charge in [-0.05, 0) is 54.7 Å². The van der Waals surface area contributed by atoms with Gasteiger partial charge in [0, 0.05) is 0 Å². The number of hydrogen-bond acceptors (Lipinski definition) is 1. The van der Waals surface area contributed by atoms with Gasteiger partial charge in [0.1, 0.15) is 0 Å². The van der Waals surface area contributed by atoms with Crippen molar-refractivity contribution in [2.24, 2.45) is 11.3 Å². The molecule has 19 heavy (non-hydrogen) atoms. The lowest BCUT2D eigenvalue weighted by Crippen LogP contribution is -2.44. The molecular weight excluding hydrogens is 232 g/mol. The lowest BCUT2D eigenvalue weighted by Gasteiger charge is -2.47. The van der Waals surface area contributed by atoms with Gasteiger partial charge < -0.3 is 5.11 Å². The average Bonchev–Trinajstić information content (AvgIpc) is 2.31. The second-order valence-electron chi connectivity index (χ2n) is 7.39. The minimum absolute atomic E-state index is 0.147. The maximum absolute atomic E-state index is 11.4. The maximum Gasteiger partial charge on any atom is 0.0929 e. The summed E-state index contributed by atoms with van der Waals surface area (Å²) in [6.45, 7) is 11.0. The Morgan fingerprint density at radius 2 is 1.79 bits per heavy atom. The van der Waals surface area contributed by atoms with Gasteiger partial charge in [0.05, 0.1) is 5.60 Å². The van der Waals surface area contributed by atoms with E-state index in [-0.39, 0.29) is 5.41 Å². The summed E-state index contributed by atoms with van der Waals surface area (Å²) in [5.74, 6) is 0.343. The first-order chi connectivity index (χ1) is 8.75. The van der Waals surface area contributed by atoms with Crippen molar-refractivity contribution in [3.63, 3.8) is 0 Å². The van der Waals surface area contributed by atoms with Crippen LogP contribution in [0.25, 0.3) is 0 Å². The highest BCUT2D eigenvalue weighted by Gasteiger charge is 2.45. The molecule has 1 heteroatoms. The van der Waals surface area contributed by atoms with Crippen LogP contribution >= 0.6 is 0 Å². The monoisotopic (exact) mass is 260 g/mol. The fraction of sp³-hybridized carbons (Fsp3) is 0.667. The molecule has 1 aliphatic rings. The molecule has 1 nitrogen and oxygen atoms in total. The van der Waals surface area contributed by atoms with E-state index in [1.165, 1.54) is 17.5 Å². The Hall–Kier alpha value is -0.820. The Morgan fingerprint density at radius 3 is 2.37 bits per heavy atom. The summed E-state index contributed by atoms with van der Waals surface area (Å²) in [5.41, 5.74) is 3.21. The first-order valence-corrected chi connectivity index (χ1v) is 7.55. The highest BCUT2D eigenvalue weighted by atomic mass is 16.3. The van der Waals surface area contributed by atoms with Crippen molar-refractivity contribution in [1.29, 1.82) is 0 Å². The van der Waals surface area contributed by atoms with Gasteiger partial charge in [-0.3, -0.25) is 0 Å². The van der Waals surface area contributed by atoms with Crippen molar-refractivity contribution in [2.45, 2.75) is 65.9 Å². The van der Waals surface area contributed by atoms with Crippen LogP contribution in [0.15, 0.2) is 18.2 Å². The van der Waals surface area contributed by atoms with Crippen LogP contribution in [0.5, 0.6) is 0 Å². The predicted molar refractivity (Wildman–Crippen MR) is 81.2 cm³/mol. The molecule has 1 aromatic carbocycles. The summed E-state index contributed by atoms with van der Waals surface area (Å²) in [6, 6.07) is 6.47. The Morgan fingerprint density at radius 1 is 1.11 bits per heavy atom. The zero-order valence-corrected chi connectivity index (χ0v) is 13.1. The van der Waals surface area contributed by atoms with E-state index in [9.17, 15) is 5.11 Å². The summed E-state index contributed by atoms with van der Waals surface area (Å²) in [7, 11) is 0. The van der Waals surface area contributed by atoms with Crippen LogP contribution in [0, 0.1) is 25.2 Å². The minimum atomic E-state index is -0.644. The summed E-state index contributed by atoms with van der Waals surface area (Å²) in [4.78, 5) is 0. The smallest absolute Gasteiger partial charge is 0.0929 e. The fourth-order valence-electron chi connectivity index (χ4n) is 3.66. The number of hydrogen-bond donors (Lipinski definition) is 1. The molecule has 0 bridgehead atoms. The quantitative estimate of drug-likeness (QED) is 0.774. The van der Waals surface area contributed by atoms with Gasteiger partial charge >= 0.3 is 0 Å². The van der Waals surface area contributed by atoms with Crippen LogP contribution in [0.3, 0.4) is 0 Å². The van der Waals surface area contributed by atoms with Crippen LogP contribution in [-0.2, 0) is 5.60 Å². The van der Waals surface area contributed by atoms with Crippen molar-refractivity contribution in [3.8, 4) is 0 Å². The first kappa shape index (κ1) is 14.6. The first-order valence-electron chi connectivity index (χ1n) is 7.55. The second kappa shape index (κ2) is 4.94. The van der Waals surface area contributed by atoms with E-state index in [0.717, 1.165) is 24.8 Å². The van der Waals surface area contributed by atoms with Crippen molar-refractivity contribution in [2.75, 3.05) is 0 Å². The third kappa shape index (κ3) is 2.72. The molecule has 0 saturated heterocycles. The lowest BCUT2D eigenvalue weighted by molar-refractivity contribution is -0.0959. The van der Waals surface area contributed by atoms with Gasteiger partial charge in [0.2, 0.25) is 0 Å². The Bertz CT molecular complexity index is 455. The third-order valence-electron chi connectivity index (χ3n) is 4.93. The number of aryl methyl sites for hydroxylation is 2. The van der Waals surface area contributed by atoms with Crippen LogP contribution < -0.4 is 0 Å². The van der Waals surface area contributed by atoms with Crippen molar-refractivity contribution >= 4 is 0 Å². The van der Waals surface area contributed by atoms with Crippen molar-refractivity contribution in [1.82, 2.24) is 0 Å². The molecule has 0 aliphatic heterocycles. The number of benzene rings is 1. The van der Waals surface area contributed by atoms with Crippen LogP contribution in [-0.4, -0.2) is 5.11 Å². The molecule has 1 aliphatic carbocycles. The Balaban J connectivity index is 2.45. The Kier molecular flexibility index (Phi) is 3.79. The second-order valence-corrected chi connectivity index (χ2v) is 7.39. The van der Waals surface area contributed by atoms with Crippen LogP contribution in [0.1, 0.15) is 63.1 Å². The van der Waals surface area contributed by atoms with E-state index in [2.05, 4.69) is 52.8 Å². The average molecular weight is 260 g/mol.